The van der Waals surface area contributed by atoms with Crippen LogP contribution in [0.3, 0.4) is 0 Å². The minimum Gasteiger partial charge on any atom is -0.266 e. The highest BCUT2D eigenvalue weighted by Crippen LogP contribution is 2.34. The second-order valence-corrected chi connectivity index (χ2v) is 14.1. The summed E-state index contributed by atoms with van der Waals surface area (Å²) in [5.74, 6) is -2.44. The molecule has 0 bridgehead atoms. The fraction of sp³-hybridized carbons (Fsp3) is 0.280. The molecule has 0 amide bonds. The summed E-state index contributed by atoms with van der Waals surface area (Å²) in [5.41, 5.74) is 0.794. The highest BCUT2D eigenvalue weighted by Gasteiger charge is 2.46. The molecule has 1 atom stereocenters. The third-order valence-electron chi connectivity index (χ3n) is 5.70. The van der Waals surface area contributed by atoms with Gasteiger partial charge >= 0.3 is 6.18 Å². The first-order chi connectivity index (χ1) is 18.2. The van der Waals surface area contributed by atoms with Crippen LogP contribution in [-0.4, -0.2) is 48.3 Å². The van der Waals surface area contributed by atoms with Crippen LogP contribution in [0.4, 0.5) is 13.2 Å². The third-order valence-corrected chi connectivity index (χ3v) is 11.3. The summed E-state index contributed by atoms with van der Waals surface area (Å²) in [5, 5.41) is 0. The fourth-order valence-corrected chi connectivity index (χ4v) is 8.27. The standard InChI is InChI=1S/C25H26F3NO7S3/c1-20-14-16-24(17-15-20)39(34,35)36-18-8-9-21(25(26,27)28)19-29(37(30,31)22-10-4-2-5-11-22)38(32,33)23-12-6-3-7-13-23/h2-7,10-17,21H,8-9,18-19H2,1H3. The molecule has 39 heavy (non-hydrogen) atoms. The van der Waals surface area contributed by atoms with Crippen LogP contribution in [-0.2, 0) is 34.3 Å². The summed E-state index contributed by atoms with van der Waals surface area (Å²) < 4.78 is 125. The Morgan fingerprint density at radius 2 is 1.18 bits per heavy atom. The van der Waals surface area contributed by atoms with Crippen molar-refractivity contribution in [2.45, 2.75) is 40.6 Å². The monoisotopic (exact) mass is 605 g/mol. The molecular formula is C25H26F3NO7S3. The van der Waals surface area contributed by atoms with E-state index in [0.29, 0.717) is 0 Å². The lowest BCUT2D eigenvalue weighted by atomic mass is 10.0. The number of sulfonamides is 2. The van der Waals surface area contributed by atoms with Crippen LogP contribution in [0.2, 0.25) is 0 Å². The number of nitrogens with zero attached hydrogens (tertiary/aromatic N) is 1. The first-order valence-electron chi connectivity index (χ1n) is 11.6. The SMILES string of the molecule is Cc1ccc(S(=O)(=O)OCCCC(CN(S(=O)(=O)c2ccccc2)S(=O)(=O)c2ccccc2)C(F)(F)F)cc1. The zero-order chi connectivity index (χ0) is 28.9. The van der Waals surface area contributed by atoms with Gasteiger partial charge in [0.2, 0.25) is 0 Å². The summed E-state index contributed by atoms with van der Waals surface area (Å²) in [6.45, 7) is -0.323. The Labute approximate surface area is 226 Å². The largest absolute Gasteiger partial charge is 0.393 e. The maximum Gasteiger partial charge on any atom is 0.393 e. The molecule has 14 heteroatoms. The van der Waals surface area contributed by atoms with Crippen molar-refractivity contribution in [3.63, 3.8) is 0 Å². The van der Waals surface area contributed by atoms with E-state index in [4.69, 9.17) is 4.18 Å². The average Bonchev–Trinajstić information content (AvgIpc) is 2.88. The van der Waals surface area contributed by atoms with Gasteiger partial charge in [0, 0.05) is 6.54 Å². The number of hydrogen-bond acceptors (Lipinski definition) is 7. The van der Waals surface area contributed by atoms with Crippen molar-refractivity contribution in [3.05, 3.63) is 90.5 Å². The van der Waals surface area contributed by atoms with Gasteiger partial charge in [0.1, 0.15) is 0 Å². The maximum atomic E-state index is 14.1. The Morgan fingerprint density at radius 1 is 0.718 bits per heavy atom. The molecule has 1 unspecified atom stereocenters. The van der Waals surface area contributed by atoms with Gasteiger partial charge in [0.15, 0.2) is 0 Å². The molecule has 0 heterocycles. The van der Waals surface area contributed by atoms with E-state index in [1.54, 1.807) is 6.92 Å². The Hall–Kier alpha value is -2.78. The van der Waals surface area contributed by atoms with Crippen molar-refractivity contribution >= 4 is 30.2 Å². The van der Waals surface area contributed by atoms with Crippen LogP contribution in [0.25, 0.3) is 0 Å². The van der Waals surface area contributed by atoms with Gasteiger partial charge in [-0.1, -0.05) is 57.8 Å². The predicted molar refractivity (Wildman–Crippen MR) is 137 cm³/mol. The van der Waals surface area contributed by atoms with E-state index < -0.39 is 78.0 Å². The highest BCUT2D eigenvalue weighted by molar-refractivity contribution is 8.04. The minimum atomic E-state index is -5.01. The number of benzene rings is 3. The molecule has 8 nitrogen and oxygen atoms in total. The van der Waals surface area contributed by atoms with Crippen LogP contribution in [0, 0.1) is 12.8 Å². The average molecular weight is 606 g/mol. The molecule has 0 spiro atoms. The summed E-state index contributed by atoms with van der Waals surface area (Å²) in [4.78, 5) is -1.18. The topological polar surface area (TPSA) is 115 Å². The molecule has 0 radical (unpaired) electrons. The molecule has 3 aromatic carbocycles. The minimum absolute atomic E-state index is 0.146. The van der Waals surface area contributed by atoms with Gasteiger partial charge in [-0.25, -0.2) is 16.8 Å². The second kappa shape index (κ2) is 12.2. The first kappa shape index (κ1) is 30.8. The molecule has 0 aliphatic rings. The summed E-state index contributed by atoms with van der Waals surface area (Å²) >= 11 is 0. The molecule has 0 aromatic heterocycles. The van der Waals surface area contributed by atoms with Gasteiger partial charge in [-0.05, 0) is 56.2 Å². The number of halogens is 3. The van der Waals surface area contributed by atoms with E-state index in [9.17, 15) is 38.4 Å². The third kappa shape index (κ3) is 7.66. The van der Waals surface area contributed by atoms with Crippen molar-refractivity contribution in [1.82, 2.24) is 3.71 Å². The summed E-state index contributed by atoms with van der Waals surface area (Å²) in [6.07, 6.45) is -6.25. The molecule has 0 saturated heterocycles. The summed E-state index contributed by atoms with van der Waals surface area (Å²) in [6, 6.07) is 18.2. The zero-order valence-corrected chi connectivity index (χ0v) is 23.1. The maximum absolute atomic E-state index is 14.1. The van der Waals surface area contributed by atoms with Crippen molar-refractivity contribution in [2.75, 3.05) is 13.2 Å². The van der Waals surface area contributed by atoms with Crippen molar-refractivity contribution < 1.29 is 42.6 Å². The molecule has 3 aromatic rings. The number of rotatable bonds is 12. The van der Waals surface area contributed by atoms with Gasteiger partial charge in [-0.2, -0.15) is 21.6 Å². The van der Waals surface area contributed by atoms with Crippen LogP contribution in [0.5, 0.6) is 0 Å². The van der Waals surface area contributed by atoms with Crippen LogP contribution in [0.1, 0.15) is 18.4 Å². The van der Waals surface area contributed by atoms with Gasteiger partial charge in [0.05, 0.1) is 27.2 Å². The smallest absolute Gasteiger partial charge is 0.266 e. The predicted octanol–water partition coefficient (Wildman–Crippen LogP) is 4.74. The zero-order valence-electron chi connectivity index (χ0n) is 20.7. The van der Waals surface area contributed by atoms with Crippen molar-refractivity contribution in [2.24, 2.45) is 5.92 Å². The van der Waals surface area contributed by atoms with E-state index in [1.807, 2.05) is 0 Å². The lowest BCUT2D eigenvalue weighted by Crippen LogP contribution is -2.43. The van der Waals surface area contributed by atoms with Gasteiger partial charge in [0.25, 0.3) is 30.2 Å². The van der Waals surface area contributed by atoms with Gasteiger partial charge in [-0.3, -0.25) is 4.18 Å². The molecule has 0 saturated carbocycles. The van der Waals surface area contributed by atoms with Gasteiger partial charge in [-0.15, -0.1) is 0 Å². The molecule has 0 fully saturated rings. The van der Waals surface area contributed by atoms with Crippen LogP contribution in [0.15, 0.2) is 99.6 Å². The van der Waals surface area contributed by atoms with Crippen LogP contribution < -0.4 is 0 Å². The van der Waals surface area contributed by atoms with Gasteiger partial charge < -0.3 is 0 Å². The number of hydrogen-bond donors (Lipinski definition) is 0. The first-order valence-corrected chi connectivity index (χ1v) is 15.9. The Balaban J connectivity index is 1.86. The Bertz CT molecular complexity index is 1490. The van der Waals surface area contributed by atoms with Crippen molar-refractivity contribution in [1.29, 1.82) is 0 Å². The molecule has 212 valence electrons. The number of alkyl halides is 3. The lowest BCUT2D eigenvalue weighted by molar-refractivity contribution is -0.176. The highest BCUT2D eigenvalue weighted by atomic mass is 32.3. The molecule has 0 N–H and O–H groups in total. The quantitative estimate of drug-likeness (QED) is 0.216. The molecule has 0 aliphatic heterocycles. The lowest BCUT2D eigenvalue weighted by Gasteiger charge is -2.28. The fourth-order valence-electron chi connectivity index (χ4n) is 3.56. The Morgan fingerprint density at radius 3 is 1.62 bits per heavy atom. The second-order valence-electron chi connectivity index (χ2n) is 8.56. The normalized spacial score (nSPS) is 13.9. The van der Waals surface area contributed by atoms with E-state index in [2.05, 4.69) is 0 Å². The Kier molecular flexibility index (Phi) is 9.60. The van der Waals surface area contributed by atoms with Crippen LogP contribution >= 0.6 is 0 Å². The molecule has 0 aliphatic carbocycles. The summed E-state index contributed by atoms with van der Waals surface area (Å²) in [7, 11) is -14.1. The van der Waals surface area contributed by atoms with E-state index in [0.717, 1.165) is 29.8 Å². The van der Waals surface area contributed by atoms with E-state index in [-0.39, 0.29) is 8.61 Å². The van der Waals surface area contributed by atoms with E-state index >= 15 is 0 Å². The van der Waals surface area contributed by atoms with E-state index in [1.165, 1.54) is 60.7 Å². The van der Waals surface area contributed by atoms with Crippen molar-refractivity contribution in [3.8, 4) is 0 Å². The number of aryl methyl sites for hydroxylation is 1. The molecule has 3 rings (SSSR count). The molecular weight excluding hydrogens is 579 g/mol.